The van der Waals surface area contributed by atoms with Gasteiger partial charge in [-0.25, -0.2) is 4.98 Å². The molecule has 1 aliphatic rings. The summed E-state index contributed by atoms with van der Waals surface area (Å²) in [5.41, 5.74) is 1.50. The van der Waals surface area contributed by atoms with Crippen LogP contribution in [0.4, 0.5) is 0 Å². The van der Waals surface area contributed by atoms with Crippen molar-refractivity contribution in [2.45, 2.75) is 25.8 Å². The normalized spacial score (nSPS) is 14.4. The van der Waals surface area contributed by atoms with E-state index in [2.05, 4.69) is 10.3 Å². The molecule has 0 unspecified atom stereocenters. The number of carbonyl (C=O) groups is 1. The zero-order valence-electron chi connectivity index (χ0n) is 8.45. The largest absolute Gasteiger partial charge is 0.348 e. The smallest absolute Gasteiger partial charge is 0.270 e. The van der Waals surface area contributed by atoms with Gasteiger partial charge >= 0.3 is 0 Å². The van der Waals surface area contributed by atoms with Crippen LogP contribution in [0.1, 0.15) is 34.6 Å². The summed E-state index contributed by atoms with van der Waals surface area (Å²) < 4.78 is 0. The summed E-state index contributed by atoms with van der Waals surface area (Å²) in [6.45, 7) is 1.73. The molecule has 15 heavy (non-hydrogen) atoms. The van der Waals surface area contributed by atoms with Crippen LogP contribution < -0.4 is 5.32 Å². The molecular formula is C11H11N3O. The Hall–Kier alpha value is -1.89. The molecule has 0 spiro atoms. The number of aromatic nitrogens is 1. The first-order valence-corrected chi connectivity index (χ1v) is 4.89. The number of aryl methyl sites for hydroxylation is 1. The summed E-state index contributed by atoms with van der Waals surface area (Å²) in [4.78, 5) is 15.7. The Morgan fingerprint density at radius 1 is 1.60 bits per heavy atom. The molecule has 1 fully saturated rings. The van der Waals surface area contributed by atoms with Gasteiger partial charge in [0.2, 0.25) is 0 Å². The average Bonchev–Trinajstić information content (AvgIpc) is 3.01. The Balaban J connectivity index is 2.18. The van der Waals surface area contributed by atoms with E-state index in [4.69, 9.17) is 5.26 Å². The van der Waals surface area contributed by atoms with Gasteiger partial charge < -0.3 is 5.32 Å². The fraction of sp³-hybridized carbons (Fsp3) is 0.364. The second-order valence-electron chi connectivity index (χ2n) is 3.69. The minimum atomic E-state index is -0.148. The second-order valence-corrected chi connectivity index (χ2v) is 3.69. The van der Waals surface area contributed by atoms with Crippen molar-refractivity contribution in [3.63, 3.8) is 0 Å². The van der Waals surface area contributed by atoms with Gasteiger partial charge in [0, 0.05) is 6.04 Å². The van der Waals surface area contributed by atoms with Crippen LogP contribution in [-0.4, -0.2) is 16.9 Å². The third kappa shape index (κ3) is 2.13. The number of hydrogen-bond acceptors (Lipinski definition) is 3. The van der Waals surface area contributed by atoms with Crippen molar-refractivity contribution in [3.8, 4) is 6.07 Å². The van der Waals surface area contributed by atoms with E-state index in [-0.39, 0.29) is 5.91 Å². The third-order valence-corrected chi connectivity index (χ3v) is 2.35. The van der Waals surface area contributed by atoms with Gasteiger partial charge in [-0.05, 0) is 31.9 Å². The summed E-state index contributed by atoms with van der Waals surface area (Å²) in [7, 11) is 0. The van der Waals surface area contributed by atoms with Crippen LogP contribution in [0.25, 0.3) is 0 Å². The molecule has 1 aromatic heterocycles. The van der Waals surface area contributed by atoms with E-state index in [9.17, 15) is 4.79 Å². The lowest BCUT2D eigenvalue weighted by atomic mass is 10.2. The van der Waals surface area contributed by atoms with Crippen molar-refractivity contribution < 1.29 is 4.79 Å². The van der Waals surface area contributed by atoms with Gasteiger partial charge in [0.1, 0.15) is 11.8 Å². The lowest BCUT2D eigenvalue weighted by Gasteiger charge is -2.03. The van der Waals surface area contributed by atoms with Gasteiger partial charge in [0.15, 0.2) is 0 Å². The van der Waals surface area contributed by atoms with Crippen molar-refractivity contribution in [1.29, 1.82) is 5.26 Å². The molecule has 1 saturated carbocycles. The Bertz CT molecular complexity index is 444. The van der Waals surface area contributed by atoms with Crippen LogP contribution in [0.3, 0.4) is 0 Å². The summed E-state index contributed by atoms with van der Waals surface area (Å²) in [5.74, 6) is -0.148. The molecule has 1 N–H and O–H groups in total. The molecule has 0 saturated heterocycles. The molecule has 1 heterocycles. The fourth-order valence-corrected chi connectivity index (χ4v) is 1.29. The third-order valence-electron chi connectivity index (χ3n) is 2.35. The number of rotatable bonds is 2. The van der Waals surface area contributed by atoms with Crippen molar-refractivity contribution in [2.75, 3.05) is 0 Å². The molecule has 1 aromatic rings. The molecule has 0 bridgehead atoms. The Labute approximate surface area is 87.9 Å². The minimum absolute atomic E-state index is 0.148. The van der Waals surface area contributed by atoms with Crippen LogP contribution in [0.2, 0.25) is 0 Å². The van der Waals surface area contributed by atoms with Crippen molar-refractivity contribution in [1.82, 2.24) is 10.3 Å². The highest BCUT2D eigenvalue weighted by Crippen LogP contribution is 2.19. The lowest BCUT2D eigenvalue weighted by molar-refractivity contribution is 0.0946. The Morgan fingerprint density at radius 3 is 2.87 bits per heavy atom. The number of carbonyl (C=O) groups excluding carboxylic acids is 1. The first-order chi connectivity index (χ1) is 7.20. The van der Waals surface area contributed by atoms with Gasteiger partial charge in [-0.3, -0.25) is 4.79 Å². The molecule has 0 aromatic carbocycles. The van der Waals surface area contributed by atoms with Crippen LogP contribution in [0.15, 0.2) is 12.1 Å². The van der Waals surface area contributed by atoms with E-state index in [1.54, 1.807) is 19.1 Å². The monoisotopic (exact) mass is 201 g/mol. The van der Waals surface area contributed by atoms with Crippen molar-refractivity contribution in [3.05, 3.63) is 29.1 Å². The molecule has 1 aliphatic carbocycles. The highest BCUT2D eigenvalue weighted by Gasteiger charge is 2.24. The maximum Gasteiger partial charge on any atom is 0.270 e. The highest BCUT2D eigenvalue weighted by molar-refractivity contribution is 5.92. The highest BCUT2D eigenvalue weighted by atomic mass is 16.2. The van der Waals surface area contributed by atoms with Crippen molar-refractivity contribution in [2.24, 2.45) is 0 Å². The Morgan fingerprint density at radius 2 is 2.33 bits per heavy atom. The van der Waals surface area contributed by atoms with E-state index < -0.39 is 0 Å². The molecule has 0 aliphatic heterocycles. The predicted octanol–water partition coefficient (Wildman–Crippen LogP) is 1.15. The number of amides is 1. The van der Waals surface area contributed by atoms with Crippen LogP contribution in [0, 0.1) is 18.3 Å². The van der Waals surface area contributed by atoms with E-state index in [0.29, 0.717) is 23.0 Å². The van der Waals surface area contributed by atoms with Gasteiger partial charge in [-0.1, -0.05) is 0 Å². The fourth-order valence-electron chi connectivity index (χ4n) is 1.29. The molecule has 1 amide bonds. The predicted molar refractivity (Wildman–Crippen MR) is 54.2 cm³/mol. The van der Waals surface area contributed by atoms with E-state index in [1.165, 1.54) is 0 Å². The van der Waals surface area contributed by atoms with Crippen molar-refractivity contribution >= 4 is 5.91 Å². The minimum Gasteiger partial charge on any atom is -0.348 e. The van der Waals surface area contributed by atoms with Gasteiger partial charge in [0.25, 0.3) is 5.91 Å². The zero-order valence-corrected chi connectivity index (χ0v) is 8.45. The van der Waals surface area contributed by atoms with E-state index in [0.717, 1.165) is 12.8 Å². The van der Waals surface area contributed by atoms with Crippen LogP contribution >= 0.6 is 0 Å². The van der Waals surface area contributed by atoms with Gasteiger partial charge in [0.05, 0.1) is 11.3 Å². The van der Waals surface area contributed by atoms with Gasteiger partial charge in [-0.15, -0.1) is 0 Å². The first kappa shape index (κ1) is 9.66. The quantitative estimate of drug-likeness (QED) is 0.780. The van der Waals surface area contributed by atoms with Crippen LogP contribution in [-0.2, 0) is 0 Å². The van der Waals surface area contributed by atoms with E-state index in [1.807, 2.05) is 6.07 Å². The van der Waals surface area contributed by atoms with Crippen LogP contribution in [0.5, 0.6) is 0 Å². The summed E-state index contributed by atoms with van der Waals surface area (Å²) in [5, 5.41) is 11.6. The molecular weight excluding hydrogens is 190 g/mol. The average molecular weight is 201 g/mol. The Kier molecular flexibility index (Phi) is 2.38. The number of nitrogens with zero attached hydrogens (tertiary/aromatic N) is 2. The molecule has 0 atom stereocenters. The number of nitrogens with one attached hydrogen (secondary N) is 1. The van der Waals surface area contributed by atoms with E-state index >= 15 is 0 Å². The molecule has 0 radical (unpaired) electrons. The SMILES string of the molecule is Cc1nc(C(=O)NC2CC2)ccc1C#N. The molecule has 4 heteroatoms. The summed E-state index contributed by atoms with van der Waals surface area (Å²) in [6.07, 6.45) is 2.11. The molecule has 4 nitrogen and oxygen atoms in total. The number of pyridine rings is 1. The maximum absolute atomic E-state index is 11.6. The number of nitriles is 1. The van der Waals surface area contributed by atoms with Gasteiger partial charge in [-0.2, -0.15) is 5.26 Å². The first-order valence-electron chi connectivity index (χ1n) is 4.89. The number of hydrogen-bond donors (Lipinski definition) is 1. The second kappa shape index (κ2) is 3.70. The molecule has 2 rings (SSSR count). The zero-order chi connectivity index (χ0) is 10.8. The summed E-state index contributed by atoms with van der Waals surface area (Å²) >= 11 is 0. The lowest BCUT2D eigenvalue weighted by Crippen LogP contribution is -2.26. The molecule has 76 valence electrons. The maximum atomic E-state index is 11.6. The summed E-state index contributed by atoms with van der Waals surface area (Å²) in [6, 6.07) is 5.56. The topological polar surface area (TPSA) is 65.8 Å². The standard InChI is InChI=1S/C11H11N3O/c1-7-8(6-12)2-5-10(13-7)11(15)14-9-3-4-9/h2,5,9H,3-4H2,1H3,(H,14,15).